The molecule has 1 aliphatic heterocycles. The Labute approximate surface area is 84.7 Å². The average molecular weight is 198 g/mol. The van der Waals surface area contributed by atoms with Gasteiger partial charge in [-0.15, -0.1) is 0 Å². The van der Waals surface area contributed by atoms with Gasteiger partial charge in [0.05, 0.1) is 25.4 Å². The molecule has 1 heterocycles. The van der Waals surface area contributed by atoms with Crippen molar-refractivity contribution < 1.29 is 14.2 Å². The quantitative estimate of drug-likeness (QED) is 0.636. The molecule has 3 heteroatoms. The molecule has 80 valence electrons. The number of hydrogen-bond acceptors (Lipinski definition) is 3. The Balaban J connectivity index is 1.54. The van der Waals surface area contributed by atoms with E-state index in [1.165, 1.54) is 19.3 Å². The van der Waals surface area contributed by atoms with Crippen molar-refractivity contribution in [2.45, 2.75) is 37.6 Å². The summed E-state index contributed by atoms with van der Waals surface area (Å²) in [6, 6.07) is 0. The zero-order chi connectivity index (χ0) is 9.54. The molecule has 2 aliphatic carbocycles. The third-order valence-corrected chi connectivity index (χ3v) is 3.89. The van der Waals surface area contributed by atoms with E-state index in [1.54, 1.807) is 0 Å². The zero-order valence-corrected chi connectivity index (χ0v) is 8.65. The molecule has 0 amide bonds. The van der Waals surface area contributed by atoms with E-state index >= 15 is 0 Å². The summed E-state index contributed by atoms with van der Waals surface area (Å²) >= 11 is 0. The molecule has 0 radical (unpaired) electrons. The summed E-state index contributed by atoms with van der Waals surface area (Å²) in [5.74, 6) is 1.51. The summed E-state index contributed by atoms with van der Waals surface area (Å²) < 4.78 is 16.5. The van der Waals surface area contributed by atoms with Gasteiger partial charge in [-0.3, -0.25) is 0 Å². The maximum Gasteiger partial charge on any atom is 0.104 e. The van der Waals surface area contributed by atoms with E-state index in [4.69, 9.17) is 14.2 Å². The molecule has 5 unspecified atom stereocenters. The molecule has 3 aliphatic rings. The topological polar surface area (TPSA) is 31.0 Å². The number of epoxide rings is 1. The van der Waals surface area contributed by atoms with Crippen LogP contribution < -0.4 is 0 Å². The number of rotatable bonds is 4. The van der Waals surface area contributed by atoms with Gasteiger partial charge in [0.15, 0.2) is 0 Å². The highest BCUT2D eigenvalue weighted by Crippen LogP contribution is 2.47. The van der Waals surface area contributed by atoms with E-state index in [0.717, 1.165) is 19.1 Å². The lowest BCUT2D eigenvalue weighted by Gasteiger charge is -2.28. The molecule has 0 aromatic carbocycles. The second-order valence-electron chi connectivity index (χ2n) is 4.84. The summed E-state index contributed by atoms with van der Waals surface area (Å²) in [5, 5.41) is 0. The summed E-state index contributed by atoms with van der Waals surface area (Å²) in [6.07, 6.45) is 5.12. The molecule has 3 fully saturated rings. The molecule has 0 N–H and O–H groups in total. The Morgan fingerprint density at radius 1 is 1.21 bits per heavy atom. The number of fused-ring (bicyclic) bond motifs is 2. The smallest absolute Gasteiger partial charge is 0.104 e. The standard InChI is InChI=1S/C11H18O3/c1-12-10-3-7-2-9(10)11(4-7)14-6-8-5-13-8/h7-11H,2-6H2,1H3. The molecular formula is C11H18O3. The molecule has 3 nitrogen and oxygen atoms in total. The number of methoxy groups -OCH3 is 1. The van der Waals surface area contributed by atoms with Crippen LogP contribution in [-0.2, 0) is 14.2 Å². The minimum atomic E-state index is 0.398. The van der Waals surface area contributed by atoms with Crippen molar-refractivity contribution in [2.24, 2.45) is 11.8 Å². The van der Waals surface area contributed by atoms with E-state index in [-0.39, 0.29) is 0 Å². The Morgan fingerprint density at radius 3 is 2.64 bits per heavy atom. The van der Waals surface area contributed by atoms with Crippen LogP contribution in [0.25, 0.3) is 0 Å². The SMILES string of the molecule is COC1CC2CC(OCC3CO3)C1C2. The van der Waals surface area contributed by atoms with Crippen LogP contribution in [0, 0.1) is 11.8 Å². The van der Waals surface area contributed by atoms with Gasteiger partial charge in [0.1, 0.15) is 6.10 Å². The van der Waals surface area contributed by atoms with Crippen LogP contribution in [0.5, 0.6) is 0 Å². The van der Waals surface area contributed by atoms with Gasteiger partial charge < -0.3 is 14.2 Å². The van der Waals surface area contributed by atoms with Crippen molar-refractivity contribution in [3.63, 3.8) is 0 Å². The van der Waals surface area contributed by atoms with Gasteiger partial charge in [-0.05, 0) is 25.2 Å². The Hall–Kier alpha value is -0.120. The van der Waals surface area contributed by atoms with Gasteiger partial charge in [-0.1, -0.05) is 0 Å². The molecule has 0 aromatic heterocycles. The molecule has 14 heavy (non-hydrogen) atoms. The Kier molecular flexibility index (Phi) is 2.26. The van der Waals surface area contributed by atoms with Crippen LogP contribution in [0.2, 0.25) is 0 Å². The fraction of sp³-hybridized carbons (Fsp3) is 1.00. The van der Waals surface area contributed by atoms with Crippen molar-refractivity contribution in [1.29, 1.82) is 0 Å². The van der Waals surface area contributed by atoms with Gasteiger partial charge in [0.25, 0.3) is 0 Å². The van der Waals surface area contributed by atoms with Crippen molar-refractivity contribution in [3.8, 4) is 0 Å². The minimum absolute atomic E-state index is 0.398. The molecular weight excluding hydrogens is 180 g/mol. The van der Waals surface area contributed by atoms with Crippen LogP contribution in [0.15, 0.2) is 0 Å². The second-order valence-corrected chi connectivity index (χ2v) is 4.84. The van der Waals surface area contributed by atoms with Crippen LogP contribution in [0.3, 0.4) is 0 Å². The van der Waals surface area contributed by atoms with E-state index in [1.807, 2.05) is 7.11 Å². The van der Waals surface area contributed by atoms with Crippen molar-refractivity contribution >= 4 is 0 Å². The highest BCUT2D eigenvalue weighted by molar-refractivity contribution is 4.97. The van der Waals surface area contributed by atoms with Gasteiger partial charge in [0.2, 0.25) is 0 Å². The van der Waals surface area contributed by atoms with Crippen molar-refractivity contribution in [2.75, 3.05) is 20.3 Å². The van der Waals surface area contributed by atoms with Gasteiger partial charge in [-0.25, -0.2) is 0 Å². The molecule has 5 atom stereocenters. The van der Waals surface area contributed by atoms with Gasteiger partial charge in [-0.2, -0.15) is 0 Å². The zero-order valence-electron chi connectivity index (χ0n) is 8.65. The lowest BCUT2D eigenvalue weighted by Crippen LogP contribution is -2.32. The van der Waals surface area contributed by atoms with E-state index in [9.17, 15) is 0 Å². The molecule has 0 aromatic rings. The summed E-state index contributed by atoms with van der Waals surface area (Å²) in [6.45, 7) is 1.69. The average Bonchev–Trinajstić information content (AvgIpc) is 2.84. The first kappa shape index (κ1) is 9.13. The van der Waals surface area contributed by atoms with E-state index < -0.39 is 0 Å². The predicted molar refractivity (Wildman–Crippen MR) is 51.1 cm³/mol. The van der Waals surface area contributed by atoms with Crippen LogP contribution in [0.1, 0.15) is 19.3 Å². The fourth-order valence-corrected chi connectivity index (χ4v) is 3.08. The number of ether oxygens (including phenoxy) is 3. The minimum Gasteiger partial charge on any atom is -0.381 e. The van der Waals surface area contributed by atoms with E-state index in [2.05, 4.69) is 0 Å². The van der Waals surface area contributed by atoms with Crippen molar-refractivity contribution in [3.05, 3.63) is 0 Å². The maximum atomic E-state index is 5.89. The fourth-order valence-electron chi connectivity index (χ4n) is 3.08. The van der Waals surface area contributed by atoms with Crippen LogP contribution >= 0.6 is 0 Å². The molecule has 3 rings (SSSR count). The summed E-state index contributed by atoms with van der Waals surface area (Å²) in [4.78, 5) is 0. The Morgan fingerprint density at radius 2 is 2.00 bits per heavy atom. The first-order valence-electron chi connectivity index (χ1n) is 5.63. The lowest BCUT2D eigenvalue weighted by molar-refractivity contribution is -0.0494. The third-order valence-electron chi connectivity index (χ3n) is 3.89. The molecule has 2 bridgehead atoms. The molecule has 2 saturated carbocycles. The lowest BCUT2D eigenvalue weighted by atomic mass is 9.95. The normalized spacial score (nSPS) is 49.9. The largest absolute Gasteiger partial charge is 0.381 e. The molecule has 0 spiro atoms. The summed E-state index contributed by atoms with van der Waals surface area (Å²) in [5.41, 5.74) is 0. The van der Waals surface area contributed by atoms with E-state index in [0.29, 0.717) is 24.2 Å². The third kappa shape index (κ3) is 1.58. The highest BCUT2D eigenvalue weighted by Gasteiger charge is 2.47. The molecule has 1 saturated heterocycles. The first-order chi connectivity index (χ1) is 6.86. The Bertz CT molecular complexity index is 215. The monoisotopic (exact) mass is 198 g/mol. The summed E-state index contributed by atoms with van der Waals surface area (Å²) in [7, 11) is 1.83. The van der Waals surface area contributed by atoms with Crippen LogP contribution in [-0.4, -0.2) is 38.6 Å². The maximum absolute atomic E-state index is 5.89. The first-order valence-corrected chi connectivity index (χ1v) is 5.63. The second kappa shape index (κ2) is 3.47. The predicted octanol–water partition coefficient (Wildman–Crippen LogP) is 1.22. The van der Waals surface area contributed by atoms with Gasteiger partial charge >= 0.3 is 0 Å². The van der Waals surface area contributed by atoms with Gasteiger partial charge in [0, 0.05) is 13.0 Å². The number of hydrogen-bond donors (Lipinski definition) is 0. The van der Waals surface area contributed by atoms with Crippen LogP contribution in [0.4, 0.5) is 0 Å². The highest BCUT2D eigenvalue weighted by atomic mass is 16.6. The van der Waals surface area contributed by atoms with Crippen molar-refractivity contribution in [1.82, 2.24) is 0 Å².